The number of carbonyl (C=O) groups is 2. The molecule has 0 aromatic heterocycles. The van der Waals surface area contributed by atoms with Crippen LogP contribution in [0.5, 0.6) is 0 Å². The van der Waals surface area contributed by atoms with E-state index in [9.17, 15) is 19.8 Å². The van der Waals surface area contributed by atoms with E-state index in [1.165, 1.54) is 29.7 Å². The topological polar surface area (TPSA) is 80.3 Å². The first-order valence-electron chi connectivity index (χ1n) is 3.24. The molecule has 0 aliphatic carbocycles. The molecule has 5 heteroatoms. The fraction of sp³-hybridized carbons (Fsp3) is 0.429. The van der Waals surface area contributed by atoms with Gasteiger partial charge in [0.05, 0.1) is 5.97 Å². The van der Waals surface area contributed by atoms with E-state index in [1.807, 2.05) is 0 Å². The van der Waals surface area contributed by atoms with Gasteiger partial charge in [0.15, 0.2) is 0 Å². The summed E-state index contributed by atoms with van der Waals surface area (Å²) in [6, 6.07) is 0. The van der Waals surface area contributed by atoms with Crippen LogP contribution in [0.2, 0.25) is 3.98 Å². The molecule has 0 fully saturated rings. The maximum absolute atomic E-state index is 9.73. The fourth-order valence-electron chi connectivity index (χ4n) is 0.246. The second-order valence-electron chi connectivity index (χ2n) is 1.85. The molecule has 0 aliphatic rings. The third kappa shape index (κ3) is 12.3. The SMILES string of the molecule is C=C(CC(=O)[O-])C(=O)[O-].C[CH2][PbH+2]. The van der Waals surface area contributed by atoms with Crippen LogP contribution in [0.4, 0.5) is 0 Å². The predicted octanol–water partition coefficient (Wildman–Crippen LogP) is -2.24. The second kappa shape index (κ2) is 8.70. The van der Waals surface area contributed by atoms with E-state index in [2.05, 4.69) is 13.5 Å². The summed E-state index contributed by atoms with van der Waals surface area (Å²) in [5.74, 6) is -3.02. The van der Waals surface area contributed by atoms with Gasteiger partial charge in [-0.1, -0.05) is 6.58 Å². The van der Waals surface area contributed by atoms with Gasteiger partial charge in [-0.2, -0.15) is 0 Å². The fourth-order valence-corrected chi connectivity index (χ4v) is 0.246. The van der Waals surface area contributed by atoms with Crippen LogP contribution in [0.25, 0.3) is 0 Å². The molecule has 0 heterocycles. The molecule has 0 saturated carbocycles. The molecule has 0 aromatic carbocycles. The van der Waals surface area contributed by atoms with E-state index in [1.54, 1.807) is 0 Å². The Bertz CT molecular complexity index is 176. The van der Waals surface area contributed by atoms with Crippen molar-refractivity contribution in [1.82, 2.24) is 0 Å². The van der Waals surface area contributed by atoms with E-state index in [-0.39, 0.29) is 0 Å². The van der Waals surface area contributed by atoms with Gasteiger partial charge in [-0.05, 0) is 5.57 Å². The van der Waals surface area contributed by atoms with Gasteiger partial charge >= 0.3 is 36.7 Å². The number of carboxylic acids is 2. The van der Waals surface area contributed by atoms with Gasteiger partial charge in [0, 0.05) is 12.4 Å². The molecule has 0 atom stereocenters. The first kappa shape index (κ1) is 14.1. The average Bonchev–Trinajstić information content (AvgIpc) is 1.87. The third-order valence-electron chi connectivity index (χ3n) is 0.646. The van der Waals surface area contributed by atoms with Crippen LogP contribution in [0.1, 0.15) is 13.3 Å². The van der Waals surface area contributed by atoms with Gasteiger partial charge in [-0.3, -0.25) is 0 Å². The second-order valence-corrected chi connectivity index (χ2v) is 5.02. The molecule has 12 heavy (non-hydrogen) atoms. The summed E-state index contributed by atoms with van der Waals surface area (Å²) in [6.07, 6.45) is -0.678. The summed E-state index contributed by atoms with van der Waals surface area (Å²) in [5.41, 5.74) is -0.477. The molecule has 0 unspecified atom stereocenters. The van der Waals surface area contributed by atoms with Crippen molar-refractivity contribution in [3.63, 3.8) is 0 Å². The zero-order valence-electron chi connectivity index (χ0n) is 6.83. The van der Waals surface area contributed by atoms with Crippen molar-refractivity contribution in [3.05, 3.63) is 12.2 Å². The standard InChI is InChI=1S/C5H6O4.C2H5.Pb.H/c1-3(5(8)9)2-4(6)7;1-2;;/h1-2H2,(H,6,7)(H,8,9);1H2,2H3;;/q;;+2;/p-2. The summed E-state index contributed by atoms with van der Waals surface area (Å²) in [4.78, 5) is 19.4. The van der Waals surface area contributed by atoms with Crippen molar-refractivity contribution in [3.8, 4) is 0 Å². The number of carbonyl (C=O) groups excluding carboxylic acids is 2. The van der Waals surface area contributed by atoms with Crippen molar-refractivity contribution in [2.75, 3.05) is 0 Å². The van der Waals surface area contributed by atoms with Gasteiger partial charge < -0.3 is 19.8 Å². The molecular formula is C7H10O4Pb. The van der Waals surface area contributed by atoms with Crippen molar-refractivity contribution >= 4 is 37.7 Å². The average molecular weight is 365 g/mol. The number of hydrogen-bond donors (Lipinski definition) is 0. The van der Waals surface area contributed by atoms with E-state index in [4.69, 9.17) is 0 Å². The minimum absolute atomic E-state index is 0.477. The van der Waals surface area contributed by atoms with Gasteiger partial charge in [0.1, 0.15) is 0 Å². The van der Waals surface area contributed by atoms with Crippen molar-refractivity contribution in [2.45, 2.75) is 17.3 Å². The molecule has 0 N–H and O–H groups in total. The zero-order valence-corrected chi connectivity index (χ0v) is 11.3. The van der Waals surface area contributed by atoms with Crippen LogP contribution in [0.15, 0.2) is 12.2 Å². The molecule has 0 radical (unpaired) electrons. The monoisotopic (exact) mass is 366 g/mol. The first-order valence-corrected chi connectivity index (χ1v) is 6.42. The zero-order chi connectivity index (χ0) is 10.1. The molecular weight excluding hydrogens is 355 g/mol. The first-order chi connectivity index (χ1) is 5.45. The molecule has 0 aliphatic heterocycles. The molecule has 0 amide bonds. The van der Waals surface area contributed by atoms with E-state index < -0.39 is 23.9 Å². The minimum atomic E-state index is -1.56. The van der Waals surface area contributed by atoms with Gasteiger partial charge in [0.2, 0.25) is 0 Å². The number of aliphatic carboxylic acids is 2. The number of hydrogen-bond acceptors (Lipinski definition) is 4. The molecule has 0 aromatic rings. The van der Waals surface area contributed by atoms with E-state index in [0.717, 1.165) is 0 Å². The van der Waals surface area contributed by atoms with Crippen LogP contribution in [0.3, 0.4) is 0 Å². The van der Waals surface area contributed by atoms with Crippen LogP contribution < -0.4 is 10.2 Å². The summed E-state index contributed by atoms with van der Waals surface area (Å²) in [7, 11) is 0. The van der Waals surface area contributed by atoms with E-state index >= 15 is 0 Å². The number of rotatable bonds is 3. The molecule has 4 nitrogen and oxygen atoms in total. The summed E-state index contributed by atoms with van der Waals surface area (Å²) in [5, 5.41) is 19.4. The summed E-state index contributed by atoms with van der Waals surface area (Å²) < 4.78 is 1.42. The molecule has 0 saturated heterocycles. The van der Waals surface area contributed by atoms with Crippen molar-refractivity contribution in [2.24, 2.45) is 0 Å². The van der Waals surface area contributed by atoms with Crippen LogP contribution in [0, 0.1) is 0 Å². The van der Waals surface area contributed by atoms with Gasteiger partial charge in [-0.15, -0.1) is 0 Å². The molecule has 0 bridgehead atoms. The molecule has 66 valence electrons. The van der Waals surface area contributed by atoms with Crippen molar-refractivity contribution < 1.29 is 19.8 Å². The van der Waals surface area contributed by atoms with Crippen LogP contribution in [-0.2, 0) is 9.59 Å². The Kier molecular flexibility index (Phi) is 10.3. The Labute approximate surface area is 87.0 Å². The van der Waals surface area contributed by atoms with Crippen LogP contribution >= 0.6 is 0 Å². The predicted molar refractivity (Wildman–Crippen MR) is 41.4 cm³/mol. The Balaban J connectivity index is 0. The Hall–Kier alpha value is -0.398. The maximum atomic E-state index is 9.73. The Morgan fingerprint density at radius 2 is 1.75 bits per heavy atom. The summed E-state index contributed by atoms with van der Waals surface area (Å²) >= 11 is 1.22. The third-order valence-corrected chi connectivity index (χ3v) is 0.646. The normalized spacial score (nSPS) is 7.67. The number of carboxylic acid groups (broad SMARTS) is 2. The van der Waals surface area contributed by atoms with Crippen molar-refractivity contribution in [1.29, 1.82) is 0 Å². The molecule has 0 rings (SSSR count). The van der Waals surface area contributed by atoms with Crippen LogP contribution in [-0.4, -0.2) is 37.7 Å². The Morgan fingerprint density at radius 1 is 1.42 bits per heavy atom. The summed E-state index contributed by atoms with van der Waals surface area (Å²) in [6.45, 7) is 5.11. The van der Waals surface area contributed by atoms with Gasteiger partial charge in [-0.25, -0.2) is 0 Å². The van der Waals surface area contributed by atoms with E-state index in [0.29, 0.717) is 0 Å². The Morgan fingerprint density at radius 3 is 1.83 bits per heavy atom. The quantitative estimate of drug-likeness (QED) is 0.418. The molecule has 0 spiro atoms. The van der Waals surface area contributed by atoms with Gasteiger partial charge in [0.25, 0.3) is 0 Å².